The average Bonchev–Trinajstić information content (AvgIpc) is 2.82. The fraction of sp³-hybridized carbons (Fsp3) is 0.533. The largest absolute Gasteiger partial charge is 0.462 e. The van der Waals surface area contributed by atoms with Gasteiger partial charge in [0.15, 0.2) is 0 Å². The first-order valence-electron chi connectivity index (χ1n) is 6.67. The van der Waals surface area contributed by atoms with Crippen LogP contribution in [0.1, 0.15) is 43.5 Å². The summed E-state index contributed by atoms with van der Waals surface area (Å²) in [6, 6.07) is 4.09. The van der Waals surface area contributed by atoms with Crippen LogP contribution < -0.4 is 5.32 Å². The molecule has 0 aromatic carbocycles. The molecule has 0 fully saturated rings. The second kappa shape index (κ2) is 5.21. The molecule has 0 unspecified atom stereocenters. The molecule has 4 heteroatoms. The zero-order chi connectivity index (χ0) is 14.0. The van der Waals surface area contributed by atoms with Crippen molar-refractivity contribution in [1.82, 2.24) is 15.1 Å². The molecule has 2 aromatic rings. The van der Waals surface area contributed by atoms with Crippen molar-refractivity contribution in [2.45, 2.75) is 53.2 Å². The van der Waals surface area contributed by atoms with Crippen molar-refractivity contribution in [2.24, 2.45) is 0 Å². The summed E-state index contributed by atoms with van der Waals surface area (Å²) in [5.41, 5.74) is 2.31. The summed E-state index contributed by atoms with van der Waals surface area (Å²) in [6.45, 7) is 12.0. The molecule has 0 aliphatic carbocycles. The van der Waals surface area contributed by atoms with Gasteiger partial charge in [0, 0.05) is 11.7 Å². The molecule has 2 heterocycles. The molecule has 2 rings (SSSR count). The van der Waals surface area contributed by atoms with Gasteiger partial charge in [-0.2, -0.15) is 5.10 Å². The average molecular weight is 261 g/mol. The first kappa shape index (κ1) is 13.9. The molecule has 0 bridgehead atoms. The highest BCUT2D eigenvalue weighted by molar-refractivity contribution is 5.20. The molecule has 1 N–H and O–H groups in total. The topological polar surface area (TPSA) is 43.0 Å². The maximum Gasteiger partial charge on any atom is 0.126 e. The number of nitrogens with one attached hydrogen (secondary N) is 1. The van der Waals surface area contributed by atoms with E-state index in [0.29, 0.717) is 6.54 Å². The Morgan fingerprint density at radius 3 is 2.63 bits per heavy atom. The van der Waals surface area contributed by atoms with Gasteiger partial charge in [-0.15, -0.1) is 0 Å². The first-order chi connectivity index (χ1) is 8.83. The standard InChI is InChI=1S/C15H23N3O/c1-11-8-13(10-18-7-6-12(2)17-18)19-14(11)9-16-15(3,4)5/h6-8,16H,9-10H2,1-5H3. The number of rotatable bonds is 4. The van der Waals surface area contributed by atoms with E-state index in [1.54, 1.807) is 0 Å². The van der Waals surface area contributed by atoms with E-state index in [1.165, 1.54) is 5.56 Å². The van der Waals surface area contributed by atoms with Gasteiger partial charge >= 0.3 is 0 Å². The van der Waals surface area contributed by atoms with Crippen molar-refractivity contribution in [3.63, 3.8) is 0 Å². The van der Waals surface area contributed by atoms with Crippen LogP contribution in [0.15, 0.2) is 22.7 Å². The fourth-order valence-corrected chi connectivity index (χ4v) is 1.90. The van der Waals surface area contributed by atoms with Gasteiger partial charge in [-0.25, -0.2) is 0 Å². The normalized spacial score (nSPS) is 12.1. The molecule has 0 radical (unpaired) electrons. The molecule has 2 aromatic heterocycles. The monoisotopic (exact) mass is 261 g/mol. The predicted molar refractivity (Wildman–Crippen MR) is 76.1 cm³/mol. The quantitative estimate of drug-likeness (QED) is 0.920. The minimum absolute atomic E-state index is 0.0957. The molecule has 0 amide bonds. The van der Waals surface area contributed by atoms with E-state index in [-0.39, 0.29) is 5.54 Å². The van der Waals surface area contributed by atoms with Crippen molar-refractivity contribution >= 4 is 0 Å². The Balaban J connectivity index is 2.04. The third-order valence-corrected chi connectivity index (χ3v) is 2.94. The van der Waals surface area contributed by atoms with E-state index >= 15 is 0 Å². The number of nitrogens with zero attached hydrogens (tertiary/aromatic N) is 2. The third-order valence-electron chi connectivity index (χ3n) is 2.94. The zero-order valence-electron chi connectivity index (χ0n) is 12.4. The molecule has 104 valence electrons. The van der Waals surface area contributed by atoms with Crippen LogP contribution in [0.2, 0.25) is 0 Å². The number of aryl methyl sites for hydroxylation is 2. The van der Waals surface area contributed by atoms with E-state index in [9.17, 15) is 0 Å². The molecule has 0 spiro atoms. The summed E-state index contributed by atoms with van der Waals surface area (Å²) in [6.07, 6.45) is 1.97. The number of aromatic nitrogens is 2. The summed E-state index contributed by atoms with van der Waals surface area (Å²) in [4.78, 5) is 0. The third kappa shape index (κ3) is 3.96. The molecule has 0 atom stereocenters. The van der Waals surface area contributed by atoms with Crippen LogP contribution in [-0.2, 0) is 13.1 Å². The molecule has 19 heavy (non-hydrogen) atoms. The molecular weight excluding hydrogens is 238 g/mol. The summed E-state index contributed by atoms with van der Waals surface area (Å²) < 4.78 is 7.80. The molecular formula is C15H23N3O. The van der Waals surface area contributed by atoms with Crippen molar-refractivity contribution in [3.8, 4) is 0 Å². The molecule has 0 saturated carbocycles. The Kier molecular flexibility index (Phi) is 3.80. The van der Waals surface area contributed by atoms with E-state index in [1.807, 2.05) is 23.9 Å². The lowest BCUT2D eigenvalue weighted by atomic mass is 10.1. The van der Waals surface area contributed by atoms with Crippen molar-refractivity contribution in [1.29, 1.82) is 0 Å². The van der Waals surface area contributed by atoms with Gasteiger partial charge in [-0.1, -0.05) is 0 Å². The molecule has 0 aliphatic heterocycles. The van der Waals surface area contributed by atoms with Gasteiger partial charge in [-0.3, -0.25) is 4.68 Å². The maximum atomic E-state index is 5.90. The van der Waals surface area contributed by atoms with E-state index in [4.69, 9.17) is 4.42 Å². The van der Waals surface area contributed by atoms with Crippen LogP contribution in [0.5, 0.6) is 0 Å². The SMILES string of the molecule is Cc1ccn(Cc2cc(C)c(CNC(C)(C)C)o2)n1. The summed E-state index contributed by atoms with van der Waals surface area (Å²) in [7, 11) is 0. The highest BCUT2D eigenvalue weighted by Gasteiger charge is 2.13. The maximum absolute atomic E-state index is 5.90. The van der Waals surface area contributed by atoms with Gasteiger partial charge in [0.1, 0.15) is 11.5 Å². The Bertz CT molecular complexity index is 546. The Labute approximate surface area is 114 Å². The van der Waals surface area contributed by atoms with Crippen LogP contribution >= 0.6 is 0 Å². The van der Waals surface area contributed by atoms with Gasteiger partial charge in [-0.05, 0) is 52.3 Å². The summed E-state index contributed by atoms with van der Waals surface area (Å²) in [5.74, 6) is 1.96. The second-order valence-corrected chi connectivity index (χ2v) is 6.08. The van der Waals surface area contributed by atoms with Crippen molar-refractivity contribution < 1.29 is 4.42 Å². The van der Waals surface area contributed by atoms with Gasteiger partial charge < -0.3 is 9.73 Å². The number of hydrogen-bond donors (Lipinski definition) is 1. The number of furan rings is 1. The predicted octanol–water partition coefficient (Wildman–Crippen LogP) is 3.03. The van der Waals surface area contributed by atoms with E-state index in [2.05, 4.69) is 44.2 Å². The highest BCUT2D eigenvalue weighted by Crippen LogP contribution is 2.16. The van der Waals surface area contributed by atoms with E-state index in [0.717, 1.165) is 23.8 Å². The summed E-state index contributed by atoms with van der Waals surface area (Å²) >= 11 is 0. The lowest BCUT2D eigenvalue weighted by molar-refractivity contribution is 0.373. The highest BCUT2D eigenvalue weighted by atomic mass is 16.3. The van der Waals surface area contributed by atoms with Crippen LogP contribution in [0.25, 0.3) is 0 Å². The Morgan fingerprint density at radius 1 is 1.32 bits per heavy atom. The smallest absolute Gasteiger partial charge is 0.126 e. The van der Waals surface area contributed by atoms with Gasteiger partial charge in [0.05, 0.1) is 18.8 Å². The first-order valence-corrected chi connectivity index (χ1v) is 6.67. The minimum Gasteiger partial charge on any atom is -0.462 e. The molecule has 0 saturated heterocycles. The van der Waals surface area contributed by atoms with Crippen LogP contribution in [0, 0.1) is 13.8 Å². The van der Waals surface area contributed by atoms with Crippen LogP contribution in [-0.4, -0.2) is 15.3 Å². The van der Waals surface area contributed by atoms with Crippen LogP contribution in [0.3, 0.4) is 0 Å². The van der Waals surface area contributed by atoms with Crippen LogP contribution in [0.4, 0.5) is 0 Å². The Morgan fingerprint density at radius 2 is 2.05 bits per heavy atom. The van der Waals surface area contributed by atoms with E-state index < -0.39 is 0 Å². The molecule has 4 nitrogen and oxygen atoms in total. The van der Waals surface area contributed by atoms with Gasteiger partial charge in [0.25, 0.3) is 0 Å². The zero-order valence-corrected chi connectivity index (χ0v) is 12.4. The van der Waals surface area contributed by atoms with Gasteiger partial charge in [0.2, 0.25) is 0 Å². The lowest BCUT2D eigenvalue weighted by Crippen LogP contribution is -2.35. The molecule has 0 aliphatic rings. The summed E-state index contributed by atoms with van der Waals surface area (Å²) in [5, 5.41) is 7.82. The number of hydrogen-bond acceptors (Lipinski definition) is 3. The van der Waals surface area contributed by atoms with Crippen molar-refractivity contribution in [3.05, 3.63) is 41.1 Å². The second-order valence-electron chi connectivity index (χ2n) is 6.08. The fourth-order valence-electron chi connectivity index (χ4n) is 1.90. The minimum atomic E-state index is 0.0957. The van der Waals surface area contributed by atoms with Crippen molar-refractivity contribution in [2.75, 3.05) is 0 Å². The lowest BCUT2D eigenvalue weighted by Gasteiger charge is -2.19. The Hall–Kier alpha value is -1.55.